The van der Waals surface area contributed by atoms with E-state index in [1.807, 2.05) is 54.6 Å². The second kappa shape index (κ2) is 10.1. The van der Waals surface area contributed by atoms with Crippen molar-refractivity contribution in [3.8, 4) is 11.8 Å². The Kier molecular flexibility index (Phi) is 7.39. The van der Waals surface area contributed by atoms with Gasteiger partial charge in [0.1, 0.15) is 6.61 Å². The Morgan fingerprint density at radius 2 is 1.79 bits per heavy atom. The summed E-state index contributed by atoms with van der Waals surface area (Å²) in [5.74, 6) is 5.88. The third kappa shape index (κ3) is 6.55. The largest absolute Gasteiger partial charge is 0.445 e. The van der Waals surface area contributed by atoms with Gasteiger partial charge in [-0.2, -0.15) is 0 Å². The number of hydrogen-bond donors (Lipinski definition) is 2. The van der Waals surface area contributed by atoms with Crippen molar-refractivity contribution in [3.63, 3.8) is 0 Å². The molecule has 0 aliphatic carbocycles. The molecule has 0 spiro atoms. The van der Waals surface area contributed by atoms with E-state index in [2.05, 4.69) is 17.2 Å². The zero-order valence-corrected chi connectivity index (χ0v) is 13.5. The summed E-state index contributed by atoms with van der Waals surface area (Å²) in [5.41, 5.74) is 3.01. The molecule has 0 radical (unpaired) electrons. The lowest BCUT2D eigenvalue weighted by molar-refractivity contribution is 0.141. The van der Waals surface area contributed by atoms with Gasteiger partial charge in [-0.1, -0.05) is 54.3 Å². The van der Waals surface area contributed by atoms with Crippen LogP contribution in [0, 0.1) is 11.8 Å². The topological polar surface area (TPSA) is 58.6 Å². The second-order valence-electron chi connectivity index (χ2n) is 5.24. The summed E-state index contributed by atoms with van der Waals surface area (Å²) in [5, 5.41) is 11.4. The van der Waals surface area contributed by atoms with Gasteiger partial charge in [-0.15, -0.1) is 0 Å². The van der Waals surface area contributed by atoms with Crippen molar-refractivity contribution in [1.82, 2.24) is 5.32 Å². The molecule has 0 heterocycles. The van der Waals surface area contributed by atoms with Crippen molar-refractivity contribution < 1.29 is 14.6 Å². The first-order valence-electron chi connectivity index (χ1n) is 7.91. The highest BCUT2D eigenvalue weighted by Crippen LogP contribution is 2.05. The minimum atomic E-state index is -0.479. The van der Waals surface area contributed by atoms with E-state index in [9.17, 15) is 4.79 Å². The fraction of sp³-hybridized carbons (Fsp3) is 0.250. The number of benzene rings is 2. The van der Waals surface area contributed by atoms with Crippen molar-refractivity contribution in [2.45, 2.75) is 19.4 Å². The Morgan fingerprint density at radius 1 is 1.04 bits per heavy atom. The molecule has 2 aromatic rings. The molecule has 1 amide bonds. The molecule has 0 unspecified atom stereocenters. The predicted octanol–water partition coefficient (Wildman–Crippen LogP) is 2.89. The second-order valence-corrected chi connectivity index (χ2v) is 5.24. The zero-order chi connectivity index (χ0) is 17.0. The molecule has 0 fully saturated rings. The van der Waals surface area contributed by atoms with Gasteiger partial charge in [0.05, 0.1) is 6.54 Å². The summed E-state index contributed by atoms with van der Waals surface area (Å²) in [6.45, 7) is 0.683. The number of amides is 1. The summed E-state index contributed by atoms with van der Waals surface area (Å²) >= 11 is 0. The maximum Gasteiger partial charge on any atom is 0.408 e. The maximum absolute atomic E-state index is 11.6. The molecule has 0 aromatic heterocycles. The van der Waals surface area contributed by atoms with Crippen LogP contribution >= 0.6 is 0 Å². The highest BCUT2D eigenvalue weighted by atomic mass is 16.5. The van der Waals surface area contributed by atoms with Crippen molar-refractivity contribution in [2.24, 2.45) is 0 Å². The molecule has 2 aromatic carbocycles. The van der Waals surface area contributed by atoms with Gasteiger partial charge >= 0.3 is 6.09 Å². The Hall–Kier alpha value is -2.77. The molecule has 124 valence electrons. The molecule has 0 saturated heterocycles. The van der Waals surface area contributed by atoms with E-state index in [1.54, 1.807) is 0 Å². The molecule has 2 N–H and O–H groups in total. The Bertz CT molecular complexity index is 684. The molecule has 0 bridgehead atoms. The van der Waals surface area contributed by atoms with Gasteiger partial charge in [0.15, 0.2) is 0 Å². The van der Waals surface area contributed by atoms with Gasteiger partial charge in [0.2, 0.25) is 0 Å². The lowest BCUT2D eigenvalue weighted by Gasteiger charge is -2.04. The maximum atomic E-state index is 11.6. The van der Waals surface area contributed by atoms with Crippen LogP contribution in [0.2, 0.25) is 0 Å². The normalized spacial score (nSPS) is 9.71. The highest BCUT2D eigenvalue weighted by molar-refractivity contribution is 5.67. The van der Waals surface area contributed by atoms with E-state index in [0.717, 1.165) is 24.0 Å². The average molecular weight is 323 g/mol. The van der Waals surface area contributed by atoms with Gasteiger partial charge in [-0.05, 0) is 36.1 Å². The van der Waals surface area contributed by atoms with E-state index in [4.69, 9.17) is 9.84 Å². The smallest absolute Gasteiger partial charge is 0.408 e. The molecule has 0 aliphatic rings. The molecular weight excluding hydrogens is 302 g/mol. The van der Waals surface area contributed by atoms with Crippen molar-refractivity contribution >= 4 is 6.09 Å². The highest BCUT2D eigenvalue weighted by Gasteiger charge is 2.00. The van der Waals surface area contributed by atoms with E-state index in [-0.39, 0.29) is 19.8 Å². The molecule has 24 heavy (non-hydrogen) atoms. The van der Waals surface area contributed by atoms with Gasteiger partial charge in [0, 0.05) is 12.2 Å². The van der Waals surface area contributed by atoms with E-state index < -0.39 is 6.09 Å². The number of ether oxygens (including phenoxy) is 1. The molecule has 0 atom stereocenters. The number of aryl methyl sites for hydroxylation is 1. The minimum absolute atomic E-state index is 0.202. The first kappa shape index (κ1) is 17.6. The van der Waals surface area contributed by atoms with Crippen LogP contribution in [-0.2, 0) is 17.8 Å². The van der Waals surface area contributed by atoms with Crippen molar-refractivity contribution in [2.75, 3.05) is 13.2 Å². The molecule has 4 nitrogen and oxygen atoms in total. The Labute approximate surface area is 142 Å². The lowest BCUT2D eigenvalue weighted by Crippen LogP contribution is -2.24. The fourth-order valence-corrected chi connectivity index (χ4v) is 2.07. The summed E-state index contributed by atoms with van der Waals surface area (Å²) in [6, 6.07) is 17.4. The number of aliphatic hydroxyl groups excluding tert-OH is 1. The summed E-state index contributed by atoms with van der Waals surface area (Å²) in [7, 11) is 0. The summed E-state index contributed by atoms with van der Waals surface area (Å²) in [4.78, 5) is 11.6. The molecule has 2 rings (SSSR count). The average Bonchev–Trinajstić information content (AvgIpc) is 2.63. The zero-order valence-electron chi connectivity index (χ0n) is 13.5. The lowest BCUT2D eigenvalue weighted by atomic mass is 10.1. The van der Waals surface area contributed by atoms with Gasteiger partial charge in [-0.3, -0.25) is 0 Å². The van der Waals surface area contributed by atoms with E-state index >= 15 is 0 Å². The number of carbonyl (C=O) groups excluding carboxylic acids is 1. The molecule has 4 heteroatoms. The number of carbonyl (C=O) groups is 1. The van der Waals surface area contributed by atoms with Crippen LogP contribution in [0.1, 0.15) is 23.1 Å². The standard InChI is InChI=1S/C20H21NO3/c22-15-5-9-18-12-10-17(11-13-18)8-4-14-21-20(23)24-16-19-6-2-1-3-7-19/h1-3,6-7,10-13,22H,5,9,14-16H2,(H,21,23). The molecule has 0 aliphatic heterocycles. The molecular formula is C20H21NO3. The number of rotatable bonds is 6. The predicted molar refractivity (Wildman–Crippen MR) is 93.4 cm³/mol. The first-order chi connectivity index (χ1) is 11.8. The van der Waals surface area contributed by atoms with Gasteiger partial charge in [-0.25, -0.2) is 4.79 Å². The fourth-order valence-electron chi connectivity index (χ4n) is 2.07. The number of aliphatic hydroxyl groups is 1. The van der Waals surface area contributed by atoms with E-state index in [0.29, 0.717) is 0 Å². The minimum Gasteiger partial charge on any atom is -0.445 e. The quantitative estimate of drug-likeness (QED) is 0.804. The number of alkyl carbamates (subject to hydrolysis) is 1. The Balaban J connectivity index is 1.70. The van der Waals surface area contributed by atoms with Crippen LogP contribution < -0.4 is 5.32 Å². The molecule has 0 saturated carbocycles. The van der Waals surface area contributed by atoms with Crippen LogP contribution in [0.25, 0.3) is 0 Å². The van der Waals surface area contributed by atoms with Crippen LogP contribution in [0.4, 0.5) is 4.79 Å². The van der Waals surface area contributed by atoms with Crippen LogP contribution in [-0.4, -0.2) is 24.4 Å². The summed E-state index contributed by atoms with van der Waals surface area (Å²) in [6.07, 6.45) is 1.14. The number of hydrogen-bond acceptors (Lipinski definition) is 3. The SMILES string of the molecule is O=C(NCC#Cc1ccc(CCCO)cc1)OCc1ccccc1. The van der Waals surface area contributed by atoms with Crippen molar-refractivity contribution in [3.05, 3.63) is 71.3 Å². The summed E-state index contributed by atoms with van der Waals surface area (Å²) < 4.78 is 5.10. The van der Waals surface area contributed by atoms with Crippen LogP contribution in [0.5, 0.6) is 0 Å². The third-order valence-electron chi connectivity index (χ3n) is 3.34. The third-order valence-corrected chi connectivity index (χ3v) is 3.34. The van der Waals surface area contributed by atoms with Crippen LogP contribution in [0.15, 0.2) is 54.6 Å². The monoisotopic (exact) mass is 323 g/mol. The van der Waals surface area contributed by atoms with Crippen molar-refractivity contribution in [1.29, 1.82) is 0 Å². The van der Waals surface area contributed by atoms with Crippen LogP contribution in [0.3, 0.4) is 0 Å². The first-order valence-corrected chi connectivity index (χ1v) is 7.91. The van der Waals surface area contributed by atoms with Gasteiger partial charge in [0.25, 0.3) is 0 Å². The van der Waals surface area contributed by atoms with Gasteiger partial charge < -0.3 is 15.2 Å². The van der Waals surface area contributed by atoms with E-state index in [1.165, 1.54) is 5.56 Å². The Morgan fingerprint density at radius 3 is 2.50 bits per heavy atom. The number of nitrogens with one attached hydrogen (secondary N) is 1.